The number of amides is 1. The van der Waals surface area contributed by atoms with E-state index < -0.39 is 0 Å². The van der Waals surface area contributed by atoms with Crippen LogP contribution in [-0.2, 0) is 4.79 Å². The van der Waals surface area contributed by atoms with Gasteiger partial charge in [0.15, 0.2) is 11.5 Å². The molecule has 5 rings (SSSR count). The van der Waals surface area contributed by atoms with Crippen molar-refractivity contribution in [2.75, 3.05) is 64.5 Å². The van der Waals surface area contributed by atoms with E-state index in [4.69, 9.17) is 14.2 Å². The van der Waals surface area contributed by atoms with E-state index in [1.807, 2.05) is 23.1 Å². The van der Waals surface area contributed by atoms with Crippen LogP contribution in [0.25, 0.3) is 0 Å². The second kappa shape index (κ2) is 9.28. The van der Waals surface area contributed by atoms with E-state index >= 15 is 0 Å². The molecular weight excluding hydrogens is 406 g/mol. The summed E-state index contributed by atoms with van der Waals surface area (Å²) >= 11 is 0. The van der Waals surface area contributed by atoms with Gasteiger partial charge in [0.1, 0.15) is 19.0 Å². The summed E-state index contributed by atoms with van der Waals surface area (Å²) in [6.45, 7) is 5.83. The molecule has 7 heteroatoms. The molecule has 7 nitrogen and oxygen atoms in total. The topological polar surface area (TPSA) is 54.5 Å². The van der Waals surface area contributed by atoms with Crippen molar-refractivity contribution in [1.29, 1.82) is 0 Å². The SMILES string of the molecule is COc1ccc(N2CCN(C(=O)CN3CCC[C@@H]3c3ccc4c(c3)OCCO4)CC2)cc1. The van der Waals surface area contributed by atoms with Crippen LogP contribution in [0.5, 0.6) is 17.2 Å². The highest BCUT2D eigenvalue weighted by atomic mass is 16.6. The quantitative estimate of drug-likeness (QED) is 0.717. The molecule has 2 saturated heterocycles. The van der Waals surface area contributed by atoms with Gasteiger partial charge < -0.3 is 24.0 Å². The lowest BCUT2D eigenvalue weighted by atomic mass is 10.0. The number of anilines is 1. The van der Waals surface area contributed by atoms with Gasteiger partial charge in [0.25, 0.3) is 0 Å². The standard InChI is InChI=1S/C25H31N3O4/c1-30-21-7-5-20(6-8-21)26-11-13-27(14-12-26)25(29)18-28-10-2-3-22(28)19-4-9-23-24(17-19)32-16-15-31-23/h4-9,17,22H,2-3,10-16,18H2,1H3/t22-/m1/s1. The molecule has 0 saturated carbocycles. The number of benzene rings is 2. The van der Waals surface area contributed by atoms with Crippen LogP contribution < -0.4 is 19.1 Å². The predicted octanol–water partition coefficient (Wildman–Crippen LogP) is 2.95. The Labute approximate surface area is 189 Å². The number of ether oxygens (including phenoxy) is 3. The summed E-state index contributed by atoms with van der Waals surface area (Å²) in [4.78, 5) is 19.8. The second-order valence-corrected chi connectivity index (χ2v) is 8.60. The average molecular weight is 438 g/mol. The molecule has 170 valence electrons. The summed E-state index contributed by atoms with van der Waals surface area (Å²) in [5.74, 6) is 2.72. The maximum absolute atomic E-state index is 13.1. The molecular formula is C25H31N3O4. The molecule has 32 heavy (non-hydrogen) atoms. The zero-order chi connectivity index (χ0) is 21.9. The summed E-state index contributed by atoms with van der Waals surface area (Å²) in [5.41, 5.74) is 2.39. The highest BCUT2D eigenvalue weighted by molar-refractivity contribution is 5.78. The number of likely N-dealkylation sites (tertiary alicyclic amines) is 1. The average Bonchev–Trinajstić information content (AvgIpc) is 3.32. The zero-order valence-electron chi connectivity index (χ0n) is 18.7. The lowest BCUT2D eigenvalue weighted by Gasteiger charge is -2.37. The largest absolute Gasteiger partial charge is 0.497 e. The maximum atomic E-state index is 13.1. The predicted molar refractivity (Wildman–Crippen MR) is 123 cm³/mol. The lowest BCUT2D eigenvalue weighted by molar-refractivity contribution is -0.133. The van der Waals surface area contributed by atoms with Crippen LogP contribution >= 0.6 is 0 Å². The Morgan fingerprint density at radius 2 is 1.72 bits per heavy atom. The fourth-order valence-electron chi connectivity index (χ4n) is 4.94. The zero-order valence-corrected chi connectivity index (χ0v) is 18.7. The highest BCUT2D eigenvalue weighted by Gasteiger charge is 2.31. The molecule has 0 unspecified atom stereocenters. The molecule has 1 atom stereocenters. The Balaban J connectivity index is 1.17. The molecule has 2 fully saturated rings. The Morgan fingerprint density at radius 1 is 0.969 bits per heavy atom. The minimum atomic E-state index is 0.226. The molecule has 0 radical (unpaired) electrons. The third-order valence-electron chi connectivity index (χ3n) is 6.72. The van der Waals surface area contributed by atoms with Crippen molar-refractivity contribution in [1.82, 2.24) is 9.80 Å². The fourth-order valence-corrected chi connectivity index (χ4v) is 4.94. The molecule has 3 aliphatic rings. The first-order chi connectivity index (χ1) is 15.7. The molecule has 1 amide bonds. The van der Waals surface area contributed by atoms with Crippen molar-refractivity contribution in [3.63, 3.8) is 0 Å². The van der Waals surface area contributed by atoms with Crippen LogP contribution in [-0.4, -0.2) is 75.3 Å². The van der Waals surface area contributed by atoms with Gasteiger partial charge in [0.2, 0.25) is 5.91 Å². The Morgan fingerprint density at radius 3 is 2.47 bits per heavy atom. The van der Waals surface area contributed by atoms with E-state index in [-0.39, 0.29) is 11.9 Å². The van der Waals surface area contributed by atoms with Crippen LogP contribution in [0.4, 0.5) is 5.69 Å². The minimum absolute atomic E-state index is 0.226. The van der Waals surface area contributed by atoms with Crippen molar-refractivity contribution >= 4 is 11.6 Å². The van der Waals surface area contributed by atoms with Gasteiger partial charge in [-0.15, -0.1) is 0 Å². The number of carbonyl (C=O) groups excluding carboxylic acids is 1. The fraction of sp³-hybridized carbons (Fsp3) is 0.480. The third kappa shape index (κ3) is 4.35. The van der Waals surface area contributed by atoms with E-state index in [0.29, 0.717) is 19.8 Å². The van der Waals surface area contributed by atoms with Gasteiger partial charge in [-0.05, 0) is 61.3 Å². The first-order valence-corrected chi connectivity index (χ1v) is 11.5. The van der Waals surface area contributed by atoms with Crippen LogP contribution in [0.2, 0.25) is 0 Å². The number of piperazine rings is 1. The molecule has 0 N–H and O–H groups in total. The van der Waals surface area contributed by atoms with Gasteiger partial charge in [-0.1, -0.05) is 6.07 Å². The molecule has 3 aliphatic heterocycles. The maximum Gasteiger partial charge on any atom is 0.236 e. The van der Waals surface area contributed by atoms with Crippen LogP contribution in [0.3, 0.4) is 0 Å². The summed E-state index contributed by atoms with van der Waals surface area (Å²) in [6.07, 6.45) is 2.18. The van der Waals surface area contributed by atoms with E-state index in [9.17, 15) is 4.79 Å². The number of nitrogens with zero attached hydrogens (tertiary/aromatic N) is 3. The van der Waals surface area contributed by atoms with Crippen LogP contribution in [0, 0.1) is 0 Å². The highest BCUT2D eigenvalue weighted by Crippen LogP contribution is 2.38. The summed E-state index contributed by atoms with van der Waals surface area (Å²) < 4.78 is 16.7. The number of fused-ring (bicyclic) bond motifs is 1. The van der Waals surface area contributed by atoms with Crippen molar-refractivity contribution in [3.05, 3.63) is 48.0 Å². The third-order valence-corrected chi connectivity index (χ3v) is 6.72. The molecule has 3 heterocycles. The van der Waals surface area contributed by atoms with Crippen molar-refractivity contribution in [2.45, 2.75) is 18.9 Å². The Bertz CT molecular complexity index is 941. The smallest absolute Gasteiger partial charge is 0.236 e. The monoisotopic (exact) mass is 437 g/mol. The van der Waals surface area contributed by atoms with Gasteiger partial charge in [-0.3, -0.25) is 9.69 Å². The van der Waals surface area contributed by atoms with Gasteiger partial charge in [0.05, 0.1) is 13.7 Å². The molecule has 0 aliphatic carbocycles. The number of hydrogen-bond donors (Lipinski definition) is 0. The number of carbonyl (C=O) groups is 1. The summed E-state index contributed by atoms with van der Waals surface area (Å²) in [6, 6.07) is 14.6. The van der Waals surface area contributed by atoms with E-state index in [0.717, 1.165) is 62.8 Å². The van der Waals surface area contributed by atoms with Gasteiger partial charge in [-0.2, -0.15) is 0 Å². The molecule has 2 aromatic rings. The number of hydrogen-bond acceptors (Lipinski definition) is 6. The molecule has 0 spiro atoms. The first kappa shape index (κ1) is 20.9. The van der Waals surface area contributed by atoms with E-state index in [1.165, 1.54) is 11.3 Å². The van der Waals surface area contributed by atoms with Crippen molar-refractivity contribution < 1.29 is 19.0 Å². The van der Waals surface area contributed by atoms with Crippen molar-refractivity contribution in [2.24, 2.45) is 0 Å². The van der Waals surface area contributed by atoms with Crippen LogP contribution in [0.1, 0.15) is 24.4 Å². The number of methoxy groups -OCH3 is 1. The van der Waals surface area contributed by atoms with Crippen molar-refractivity contribution in [3.8, 4) is 17.2 Å². The summed E-state index contributed by atoms with van der Waals surface area (Å²) in [5, 5.41) is 0. The van der Waals surface area contributed by atoms with Gasteiger partial charge >= 0.3 is 0 Å². The normalized spacial score (nSPS) is 21.0. The molecule has 0 bridgehead atoms. The van der Waals surface area contributed by atoms with Crippen LogP contribution in [0.15, 0.2) is 42.5 Å². The summed E-state index contributed by atoms with van der Waals surface area (Å²) in [7, 11) is 1.68. The number of rotatable bonds is 5. The molecule has 2 aromatic carbocycles. The second-order valence-electron chi connectivity index (χ2n) is 8.60. The van der Waals surface area contributed by atoms with E-state index in [1.54, 1.807) is 7.11 Å². The Hall–Kier alpha value is -2.93. The molecule has 0 aromatic heterocycles. The Kier molecular flexibility index (Phi) is 6.08. The minimum Gasteiger partial charge on any atom is -0.497 e. The van der Waals surface area contributed by atoms with E-state index in [2.05, 4.69) is 34.1 Å². The first-order valence-electron chi connectivity index (χ1n) is 11.5. The lowest BCUT2D eigenvalue weighted by Crippen LogP contribution is -2.51. The van der Waals surface area contributed by atoms with Gasteiger partial charge in [0, 0.05) is 37.9 Å². The van der Waals surface area contributed by atoms with Gasteiger partial charge in [-0.25, -0.2) is 0 Å².